The number of nitrogens with zero attached hydrogens (tertiary/aromatic N) is 4. The molecule has 0 saturated carbocycles. The van der Waals surface area contributed by atoms with E-state index in [1.165, 1.54) is 22.3 Å². The van der Waals surface area contributed by atoms with Crippen molar-refractivity contribution in [3.8, 4) is 28.7 Å². The number of benzene rings is 6. The molecule has 0 aliphatic carbocycles. The van der Waals surface area contributed by atoms with Crippen LogP contribution in [0.4, 0.5) is 0 Å². The van der Waals surface area contributed by atoms with Crippen molar-refractivity contribution in [3.05, 3.63) is 210 Å². The summed E-state index contributed by atoms with van der Waals surface area (Å²) < 4.78 is 13.4. The fourth-order valence-corrected chi connectivity index (χ4v) is 8.82. The van der Waals surface area contributed by atoms with Crippen molar-refractivity contribution in [3.63, 3.8) is 0 Å². The molecule has 0 aliphatic rings. The molecule has 6 aromatic carbocycles. The maximum absolute atomic E-state index is 6.89. The SMILES string of the molecule is CC(C)(C)c1ccnc(-n2c3[c-]c(Oc4[c-]c(-n5[c-][n+](-c6cccc(C(C)(C)c7ccccc7)c6)c(C(C)(C)C)c5)ccc4)cc(C(C)(C)c4ccccc4)c3c3ccccc32)c1.[Pt]. The second kappa shape index (κ2) is 16.8. The molecular formula is C58H56N4OPt-2. The van der Waals surface area contributed by atoms with Crippen LogP contribution < -0.4 is 9.30 Å². The van der Waals surface area contributed by atoms with Gasteiger partial charge in [-0.1, -0.05) is 171 Å². The number of aromatic nitrogens is 4. The summed E-state index contributed by atoms with van der Waals surface area (Å²) in [4.78, 5) is 4.97. The Bertz CT molecular complexity index is 3110. The Morgan fingerprint density at radius 2 is 1.20 bits per heavy atom. The van der Waals surface area contributed by atoms with Gasteiger partial charge in [-0.25, -0.2) is 4.98 Å². The Morgan fingerprint density at radius 1 is 0.562 bits per heavy atom. The summed E-state index contributed by atoms with van der Waals surface area (Å²) in [6, 6.07) is 58.7. The first-order valence-electron chi connectivity index (χ1n) is 22.0. The molecule has 0 unspecified atom stereocenters. The molecule has 326 valence electrons. The third-order valence-electron chi connectivity index (χ3n) is 12.7. The van der Waals surface area contributed by atoms with Gasteiger partial charge in [0, 0.05) is 55.9 Å². The van der Waals surface area contributed by atoms with Crippen LogP contribution in [-0.2, 0) is 42.7 Å². The maximum Gasteiger partial charge on any atom is 0.267 e. The third-order valence-corrected chi connectivity index (χ3v) is 12.7. The first-order chi connectivity index (χ1) is 30.0. The van der Waals surface area contributed by atoms with Gasteiger partial charge in [-0.2, -0.15) is 12.1 Å². The van der Waals surface area contributed by atoms with Gasteiger partial charge in [0.15, 0.2) is 0 Å². The van der Waals surface area contributed by atoms with E-state index in [0.29, 0.717) is 11.5 Å². The number of ether oxygens (including phenoxy) is 1. The summed E-state index contributed by atoms with van der Waals surface area (Å²) in [7, 11) is 0. The van der Waals surface area contributed by atoms with Crippen LogP contribution in [0.5, 0.6) is 11.5 Å². The molecule has 64 heavy (non-hydrogen) atoms. The van der Waals surface area contributed by atoms with Gasteiger partial charge >= 0.3 is 0 Å². The number of imidazole rings is 1. The van der Waals surface area contributed by atoms with Crippen LogP contribution in [0.3, 0.4) is 0 Å². The average molecular weight is 1020 g/mol. The number of hydrogen-bond acceptors (Lipinski definition) is 2. The van der Waals surface area contributed by atoms with Gasteiger partial charge < -0.3 is 13.9 Å². The van der Waals surface area contributed by atoms with Crippen molar-refractivity contribution in [1.82, 2.24) is 14.1 Å². The standard InChI is InChI=1S/C58H56N4O.Pt/c1-55(2,3)42-31-32-59-53(34-42)62-50-30-18-17-29-48(50)54-49(58(9,10)41-23-15-12-16-24-41)36-47(37-51(54)62)63-46-28-20-26-44(35-46)60-38-52(56(4,5)6)61(39-60)45-27-19-25-43(33-45)57(7,8)40-21-13-11-14-22-40;/h11-34,36,38H,1-10H3;/q-2;. The molecule has 0 fully saturated rings. The van der Waals surface area contributed by atoms with E-state index in [1.54, 1.807) is 0 Å². The zero-order chi connectivity index (χ0) is 44.3. The van der Waals surface area contributed by atoms with Crippen LogP contribution in [0.15, 0.2) is 158 Å². The summed E-state index contributed by atoms with van der Waals surface area (Å²) in [5.41, 5.74) is 10.3. The number of fused-ring (bicyclic) bond motifs is 3. The molecule has 0 aliphatic heterocycles. The van der Waals surface area contributed by atoms with Gasteiger partial charge in [-0.05, 0) is 79.9 Å². The number of para-hydroxylation sites is 1. The topological polar surface area (TPSA) is 35.9 Å². The Balaban J connectivity index is 0.00000560. The molecule has 3 heterocycles. The maximum atomic E-state index is 6.89. The molecule has 0 bridgehead atoms. The summed E-state index contributed by atoms with van der Waals surface area (Å²) in [5, 5.41) is 2.27. The first kappa shape index (κ1) is 44.6. The largest absolute Gasteiger partial charge is 0.510 e. The summed E-state index contributed by atoms with van der Waals surface area (Å²) >= 11 is 0. The van der Waals surface area contributed by atoms with E-state index < -0.39 is 5.41 Å². The normalized spacial score (nSPS) is 12.4. The van der Waals surface area contributed by atoms with Crippen molar-refractivity contribution >= 4 is 21.8 Å². The molecule has 5 nitrogen and oxygen atoms in total. The van der Waals surface area contributed by atoms with E-state index in [1.807, 2.05) is 22.9 Å². The van der Waals surface area contributed by atoms with Crippen LogP contribution >= 0.6 is 0 Å². The first-order valence-corrected chi connectivity index (χ1v) is 22.0. The molecule has 9 aromatic rings. The predicted octanol–water partition coefficient (Wildman–Crippen LogP) is 13.7. The molecule has 0 spiro atoms. The van der Waals surface area contributed by atoms with Gasteiger partial charge in [0.1, 0.15) is 5.82 Å². The van der Waals surface area contributed by atoms with Gasteiger partial charge in [-0.3, -0.25) is 4.57 Å². The van der Waals surface area contributed by atoms with E-state index in [-0.39, 0.29) is 37.3 Å². The van der Waals surface area contributed by atoms with Crippen molar-refractivity contribution in [2.45, 2.75) is 90.9 Å². The molecule has 3 aromatic heterocycles. The molecule has 0 atom stereocenters. The molecule has 0 radical (unpaired) electrons. The molecular weight excluding hydrogens is 964 g/mol. The minimum absolute atomic E-state index is 0. The monoisotopic (exact) mass is 1020 g/mol. The molecule has 9 rings (SSSR count). The van der Waals surface area contributed by atoms with Gasteiger partial charge in [-0.15, -0.1) is 29.8 Å². The molecule has 0 amide bonds. The van der Waals surface area contributed by atoms with Gasteiger partial charge in [0.2, 0.25) is 0 Å². The van der Waals surface area contributed by atoms with Crippen LogP contribution in [0.2, 0.25) is 0 Å². The van der Waals surface area contributed by atoms with Crippen molar-refractivity contribution in [2.75, 3.05) is 0 Å². The zero-order valence-electron chi connectivity index (χ0n) is 38.5. The van der Waals surface area contributed by atoms with Gasteiger partial charge in [0.25, 0.3) is 6.33 Å². The Morgan fingerprint density at radius 3 is 1.89 bits per heavy atom. The minimum atomic E-state index is -0.390. The fourth-order valence-electron chi connectivity index (χ4n) is 8.82. The smallest absolute Gasteiger partial charge is 0.267 e. The van der Waals surface area contributed by atoms with Gasteiger partial charge in [0.05, 0.1) is 11.4 Å². The summed E-state index contributed by atoms with van der Waals surface area (Å²) in [5.74, 6) is 2.03. The zero-order valence-corrected chi connectivity index (χ0v) is 40.8. The van der Waals surface area contributed by atoms with Crippen molar-refractivity contribution < 1.29 is 30.4 Å². The Kier molecular flexibility index (Phi) is 11.7. The van der Waals surface area contributed by atoms with E-state index in [9.17, 15) is 0 Å². The number of pyridine rings is 1. The summed E-state index contributed by atoms with van der Waals surface area (Å²) in [6.45, 7) is 22.6. The molecule has 0 saturated heterocycles. The van der Waals surface area contributed by atoms with Crippen LogP contribution in [-0.4, -0.2) is 14.1 Å². The van der Waals surface area contributed by atoms with Crippen molar-refractivity contribution in [2.24, 2.45) is 0 Å². The minimum Gasteiger partial charge on any atom is -0.510 e. The third kappa shape index (κ3) is 8.27. The van der Waals surface area contributed by atoms with E-state index in [2.05, 4.69) is 236 Å². The quantitative estimate of drug-likeness (QED) is 0.107. The number of hydrogen-bond donors (Lipinski definition) is 0. The van der Waals surface area contributed by atoms with E-state index >= 15 is 0 Å². The summed E-state index contributed by atoms with van der Waals surface area (Å²) in [6.07, 6.45) is 7.77. The second-order valence-corrected chi connectivity index (χ2v) is 19.9. The van der Waals surface area contributed by atoms with Crippen LogP contribution in [0, 0.1) is 18.5 Å². The molecule has 0 N–H and O–H groups in total. The Hall–Kier alpha value is -6.03. The fraction of sp³-hybridized carbons (Fsp3) is 0.241. The van der Waals surface area contributed by atoms with Crippen LogP contribution in [0.1, 0.15) is 103 Å². The predicted molar refractivity (Wildman–Crippen MR) is 257 cm³/mol. The number of rotatable bonds is 9. The van der Waals surface area contributed by atoms with E-state index in [0.717, 1.165) is 50.3 Å². The Labute approximate surface area is 393 Å². The van der Waals surface area contributed by atoms with Crippen LogP contribution in [0.25, 0.3) is 39.0 Å². The molecule has 6 heteroatoms. The average Bonchev–Trinajstić information content (AvgIpc) is 3.88. The second-order valence-electron chi connectivity index (χ2n) is 19.9. The van der Waals surface area contributed by atoms with Crippen molar-refractivity contribution in [1.29, 1.82) is 0 Å². The van der Waals surface area contributed by atoms with E-state index in [4.69, 9.17) is 9.72 Å².